The third-order valence-corrected chi connectivity index (χ3v) is 6.26. The van der Waals surface area contributed by atoms with Gasteiger partial charge < -0.3 is 5.32 Å². The first kappa shape index (κ1) is 15.2. The summed E-state index contributed by atoms with van der Waals surface area (Å²) in [5, 5.41) is 3.04. The van der Waals surface area contributed by atoms with E-state index in [1.807, 2.05) is 0 Å². The van der Waals surface area contributed by atoms with Crippen LogP contribution in [0.3, 0.4) is 0 Å². The molecule has 0 aromatic heterocycles. The predicted octanol–water partition coefficient (Wildman–Crippen LogP) is 0.757. The number of benzene rings is 1. The van der Waals surface area contributed by atoms with Gasteiger partial charge in [-0.1, -0.05) is 11.6 Å². The molecule has 1 N–H and O–H groups in total. The number of sulfonamides is 1. The standard InChI is InChI=1S/C13H17ClFN3O2S/c14-12-7-11(1-2-13(12)15)21(19,20)18-5-3-17(4-6-18)10-8-16-9-10/h1-2,7,10,16H,3-6,8-9H2. The molecule has 3 rings (SSSR count). The molecule has 2 aliphatic heterocycles. The SMILES string of the molecule is O=S(=O)(c1ccc(F)c(Cl)c1)N1CCN(C2CNC2)CC1. The summed E-state index contributed by atoms with van der Waals surface area (Å²) in [5.74, 6) is -0.613. The van der Waals surface area contributed by atoms with E-state index in [1.54, 1.807) is 0 Å². The van der Waals surface area contributed by atoms with E-state index in [0.717, 1.165) is 32.2 Å². The highest BCUT2D eigenvalue weighted by atomic mass is 35.5. The van der Waals surface area contributed by atoms with Crippen LogP contribution in [0.15, 0.2) is 23.1 Å². The molecule has 0 atom stereocenters. The number of hydrogen-bond donors (Lipinski definition) is 1. The smallest absolute Gasteiger partial charge is 0.243 e. The first-order chi connectivity index (χ1) is 9.98. The maximum Gasteiger partial charge on any atom is 0.243 e. The summed E-state index contributed by atoms with van der Waals surface area (Å²) in [5.41, 5.74) is 0. The summed E-state index contributed by atoms with van der Waals surface area (Å²) in [6, 6.07) is 4.05. The van der Waals surface area contributed by atoms with Crippen LogP contribution in [0.5, 0.6) is 0 Å². The second-order valence-electron chi connectivity index (χ2n) is 5.33. The summed E-state index contributed by atoms with van der Waals surface area (Å²) in [4.78, 5) is 2.35. The van der Waals surface area contributed by atoms with E-state index >= 15 is 0 Å². The molecule has 0 saturated carbocycles. The lowest BCUT2D eigenvalue weighted by atomic mass is 10.1. The zero-order chi connectivity index (χ0) is 15.0. The minimum atomic E-state index is -3.60. The van der Waals surface area contributed by atoms with E-state index in [0.29, 0.717) is 19.1 Å². The number of hydrogen-bond acceptors (Lipinski definition) is 4. The van der Waals surface area contributed by atoms with Crippen LogP contribution in [0.25, 0.3) is 0 Å². The molecule has 2 heterocycles. The molecule has 5 nitrogen and oxygen atoms in total. The molecule has 116 valence electrons. The molecule has 21 heavy (non-hydrogen) atoms. The first-order valence-electron chi connectivity index (χ1n) is 6.88. The Labute approximate surface area is 128 Å². The van der Waals surface area contributed by atoms with Crippen LogP contribution in [0.4, 0.5) is 4.39 Å². The van der Waals surface area contributed by atoms with Crippen molar-refractivity contribution in [1.82, 2.24) is 14.5 Å². The van der Waals surface area contributed by atoms with Gasteiger partial charge in [0.15, 0.2) is 0 Å². The number of halogens is 2. The lowest BCUT2D eigenvalue weighted by Gasteiger charge is -2.42. The van der Waals surface area contributed by atoms with Gasteiger partial charge >= 0.3 is 0 Å². The third kappa shape index (κ3) is 2.93. The Kier molecular flexibility index (Phi) is 4.20. The average molecular weight is 334 g/mol. The Bertz CT molecular complexity index is 628. The molecular weight excluding hydrogens is 317 g/mol. The van der Waals surface area contributed by atoms with Crippen LogP contribution in [0.1, 0.15) is 0 Å². The molecule has 0 spiro atoms. The van der Waals surface area contributed by atoms with Gasteiger partial charge in [-0.3, -0.25) is 4.90 Å². The van der Waals surface area contributed by atoms with Crippen molar-refractivity contribution in [2.45, 2.75) is 10.9 Å². The van der Waals surface area contributed by atoms with Crippen LogP contribution in [-0.2, 0) is 10.0 Å². The topological polar surface area (TPSA) is 52.7 Å². The van der Waals surface area contributed by atoms with E-state index in [4.69, 9.17) is 11.6 Å². The van der Waals surface area contributed by atoms with Crippen molar-refractivity contribution in [3.8, 4) is 0 Å². The van der Waals surface area contributed by atoms with Gasteiger partial charge in [-0.25, -0.2) is 12.8 Å². The third-order valence-electron chi connectivity index (χ3n) is 4.08. The highest BCUT2D eigenvalue weighted by Crippen LogP contribution is 2.23. The Morgan fingerprint density at radius 2 is 1.86 bits per heavy atom. The molecule has 0 amide bonds. The van der Waals surface area contributed by atoms with Gasteiger partial charge in [0, 0.05) is 45.3 Å². The van der Waals surface area contributed by atoms with Gasteiger partial charge in [0.1, 0.15) is 5.82 Å². The van der Waals surface area contributed by atoms with Gasteiger partial charge in [0.05, 0.1) is 9.92 Å². The molecule has 8 heteroatoms. The summed E-state index contributed by atoms with van der Waals surface area (Å²) >= 11 is 5.68. The molecule has 2 saturated heterocycles. The summed E-state index contributed by atoms with van der Waals surface area (Å²) in [6.07, 6.45) is 0. The van der Waals surface area contributed by atoms with Crippen molar-refractivity contribution in [2.75, 3.05) is 39.3 Å². The van der Waals surface area contributed by atoms with Crippen LogP contribution in [-0.4, -0.2) is 62.9 Å². The maximum atomic E-state index is 13.2. The molecule has 0 aliphatic carbocycles. The number of nitrogens with one attached hydrogen (secondary N) is 1. The minimum Gasteiger partial charge on any atom is -0.314 e. The second kappa shape index (κ2) is 5.81. The minimum absolute atomic E-state index is 0.0488. The van der Waals surface area contributed by atoms with Gasteiger partial charge in [0.2, 0.25) is 10.0 Å². The molecule has 2 aliphatic rings. The van der Waals surface area contributed by atoms with Crippen molar-refractivity contribution < 1.29 is 12.8 Å². The summed E-state index contributed by atoms with van der Waals surface area (Å²) < 4.78 is 39.7. The van der Waals surface area contributed by atoms with Crippen molar-refractivity contribution in [3.63, 3.8) is 0 Å². The Balaban J connectivity index is 1.72. The molecule has 0 radical (unpaired) electrons. The fourth-order valence-corrected chi connectivity index (χ4v) is 4.32. The summed E-state index contributed by atoms with van der Waals surface area (Å²) in [6.45, 7) is 4.29. The van der Waals surface area contributed by atoms with E-state index in [-0.39, 0.29) is 9.92 Å². The Hall–Kier alpha value is -0.730. The van der Waals surface area contributed by atoms with Crippen molar-refractivity contribution >= 4 is 21.6 Å². The highest BCUT2D eigenvalue weighted by Gasteiger charge is 2.32. The van der Waals surface area contributed by atoms with Crippen molar-refractivity contribution in [2.24, 2.45) is 0 Å². The van der Waals surface area contributed by atoms with Crippen molar-refractivity contribution in [1.29, 1.82) is 0 Å². The fourth-order valence-electron chi connectivity index (χ4n) is 2.63. The average Bonchev–Trinajstić information content (AvgIpc) is 2.40. The lowest BCUT2D eigenvalue weighted by Crippen LogP contribution is -2.62. The lowest BCUT2D eigenvalue weighted by molar-refractivity contribution is 0.103. The Morgan fingerprint density at radius 3 is 2.38 bits per heavy atom. The largest absolute Gasteiger partial charge is 0.314 e. The normalized spacial score (nSPS) is 22.2. The van der Waals surface area contributed by atoms with Crippen LogP contribution < -0.4 is 5.32 Å². The van der Waals surface area contributed by atoms with Gasteiger partial charge in [-0.2, -0.15) is 4.31 Å². The molecular formula is C13H17ClFN3O2S. The highest BCUT2D eigenvalue weighted by molar-refractivity contribution is 7.89. The van der Waals surface area contributed by atoms with E-state index in [1.165, 1.54) is 16.4 Å². The van der Waals surface area contributed by atoms with Gasteiger partial charge in [0.25, 0.3) is 0 Å². The van der Waals surface area contributed by atoms with Crippen LogP contribution >= 0.6 is 11.6 Å². The molecule has 0 unspecified atom stereocenters. The fraction of sp³-hybridized carbons (Fsp3) is 0.538. The van der Waals surface area contributed by atoms with E-state index in [9.17, 15) is 12.8 Å². The quantitative estimate of drug-likeness (QED) is 0.887. The first-order valence-corrected chi connectivity index (χ1v) is 8.70. The van der Waals surface area contributed by atoms with E-state index in [2.05, 4.69) is 10.2 Å². The number of nitrogens with zero attached hydrogens (tertiary/aromatic N) is 2. The van der Waals surface area contributed by atoms with Gasteiger partial charge in [-0.05, 0) is 18.2 Å². The predicted molar refractivity (Wildman–Crippen MR) is 78.4 cm³/mol. The van der Waals surface area contributed by atoms with Crippen molar-refractivity contribution in [3.05, 3.63) is 29.0 Å². The molecule has 1 aromatic carbocycles. The number of piperazine rings is 1. The zero-order valence-electron chi connectivity index (χ0n) is 11.4. The van der Waals surface area contributed by atoms with Crippen LogP contribution in [0.2, 0.25) is 5.02 Å². The monoisotopic (exact) mass is 333 g/mol. The van der Waals surface area contributed by atoms with Gasteiger partial charge in [-0.15, -0.1) is 0 Å². The maximum absolute atomic E-state index is 13.2. The Morgan fingerprint density at radius 1 is 1.19 bits per heavy atom. The number of rotatable bonds is 3. The molecule has 0 bridgehead atoms. The molecule has 2 fully saturated rings. The second-order valence-corrected chi connectivity index (χ2v) is 7.67. The molecule has 1 aromatic rings. The zero-order valence-corrected chi connectivity index (χ0v) is 13.0. The van der Waals surface area contributed by atoms with Crippen LogP contribution in [0, 0.1) is 5.82 Å². The summed E-state index contributed by atoms with van der Waals surface area (Å²) in [7, 11) is -3.60. The van der Waals surface area contributed by atoms with E-state index < -0.39 is 15.8 Å².